The minimum absolute atomic E-state index is 0.206. The van der Waals surface area contributed by atoms with Crippen LogP contribution in [-0.4, -0.2) is 58.5 Å². The average Bonchev–Trinajstić information content (AvgIpc) is 3.34. The Morgan fingerprint density at radius 2 is 1.82 bits per heavy atom. The Hall–Kier alpha value is -4.69. The van der Waals surface area contributed by atoms with Crippen molar-refractivity contribution in [3.63, 3.8) is 0 Å². The lowest BCUT2D eigenvalue weighted by Crippen LogP contribution is -2.27. The summed E-state index contributed by atoms with van der Waals surface area (Å²) in [4.78, 5) is 37.6. The smallest absolute Gasteiger partial charge is 0.291 e. The number of nitrogens with zero attached hydrogens (tertiary/aromatic N) is 4. The maximum absolute atomic E-state index is 13.3. The topological polar surface area (TPSA) is 113 Å². The van der Waals surface area contributed by atoms with Crippen LogP contribution in [0.25, 0.3) is 11.1 Å². The van der Waals surface area contributed by atoms with E-state index < -0.39 is 0 Å². The second-order valence-electron chi connectivity index (χ2n) is 10.6. The second kappa shape index (κ2) is 13.3. The van der Waals surface area contributed by atoms with E-state index in [1.54, 1.807) is 18.3 Å². The zero-order chi connectivity index (χ0) is 31.4. The number of carbonyl (C=O) groups excluding carboxylic acids is 2. The summed E-state index contributed by atoms with van der Waals surface area (Å²) < 4.78 is 7.33. The molecule has 0 spiro atoms. The van der Waals surface area contributed by atoms with Gasteiger partial charge in [0.2, 0.25) is 0 Å². The molecule has 4 aromatic rings. The van der Waals surface area contributed by atoms with E-state index in [-0.39, 0.29) is 17.5 Å². The first-order valence-corrected chi connectivity index (χ1v) is 14.5. The van der Waals surface area contributed by atoms with Crippen molar-refractivity contribution in [2.45, 2.75) is 26.4 Å². The zero-order valence-corrected chi connectivity index (χ0v) is 25.9. The molecular weight excluding hydrogens is 578 g/mol. The molecule has 2 amide bonds. The molecule has 11 heteroatoms. The molecule has 0 saturated carbocycles. The van der Waals surface area contributed by atoms with Gasteiger partial charge >= 0.3 is 0 Å². The molecular formula is C33H34ClN7O3. The number of fused-ring (bicyclic) bond motifs is 1. The number of halogens is 1. The van der Waals surface area contributed by atoms with E-state index >= 15 is 0 Å². The van der Waals surface area contributed by atoms with E-state index in [0.717, 1.165) is 41.0 Å². The minimum atomic E-state index is -0.386. The number of benzene rings is 2. The molecule has 2 aromatic heterocycles. The summed E-state index contributed by atoms with van der Waals surface area (Å²) in [6.45, 7) is 4.40. The molecule has 226 valence electrons. The van der Waals surface area contributed by atoms with Gasteiger partial charge in [0.25, 0.3) is 11.8 Å². The fourth-order valence-corrected chi connectivity index (χ4v) is 5.58. The number of hydrogen-bond donors (Lipinski definition) is 3. The molecule has 0 bridgehead atoms. The average molecular weight is 612 g/mol. The number of amides is 2. The third-order valence-corrected chi connectivity index (χ3v) is 8.11. The Kier molecular flexibility index (Phi) is 9.30. The van der Waals surface area contributed by atoms with Crippen molar-refractivity contribution in [1.29, 1.82) is 0 Å². The van der Waals surface area contributed by atoms with Crippen molar-refractivity contribution in [3.05, 3.63) is 87.7 Å². The first kappa shape index (κ1) is 30.8. The van der Waals surface area contributed by atoms with Crippen molar-refractivity contribution in [2.24, 2.45) is 7.05 Å². The first-order valence-electron chi connectivity index (χ1n) is 14.1. The number of ether oxygens (including phenoxy) is 1. The predicted molar refractivity (Wildman–Crippen MR) is 172 cm³/mol. The third kappa shape index (κ3) is 6.31. The second-order valence-corrected chi connectivity index (χ2v) is 11.0. The van der Waals surface area contributed by atoms with Gasteiger partial charge in [0, 0.05) is 67.9 Å². The Labute approximate surface area is 261 Å². The molecule has 1 aliphatic heterocycles. The molecule has 1 aliphatic rings. The highest BCUT2D eigenvalue weighted by Crippen LogP contribution is 2.37. The summed E-state index contributed by atoms with van der Waals surface area (Å²) in [5, 5.41) is 9.37. The molecule has 0 aliphatic carbocycles. The van der Waals surface area contributed by atoms with Gasteiger partial charge in [-0.2, -0.15) is 0 Å². The van der Waals surface area contributed by atoms with Crippen molar-refractivity contribution in [3.8, 4) is 29.2 Å². The summed E-state index contributed by atoms with van der Waals surface area (Å²) in [5.41, 5.74) is 6.37. The van der Waals surface area contributed by atoms with Crippen LogP contribution in [-0.2, 0) is 26.6 Å². The number of hydrogen-bond acceptors (Lipinski definition) is 7. The van der Waals surface area contributed by atoms with E-state index in [9.17, 15) is 9.59 Å². The molecule has 5 rings (SSSR count). The third-order valence-electron chi connectivity index (χ3n) is 7.71. The summed E-state index contributed by atoms with van der Waals surface area (Å²) in [6.07, 6.45) is 7.73. The summed E-state index contributed by atoms with van der Waals surface area (Å²) >= 11 is 6.88. The van der Waals surface area contributed by atoms with Gasteiger partial charge in [0.1, 0.15) is 11.4 Å². The first-order chi connectivity index (χ1) is 21.2. The fraction of sp³-hybridized carbons (Fsp3) is 0.273. The monoisotopic (exact) mass is 611 g/mol. The lowest BCUT2D eigenvalue weighted by atomic mass is 9.98. The summed E-state index contributed by atoms with van der Waals surface area (Å²) in [6, 6.07) is 12.6. The molecule has 0 unspecified atom stereocenters. The van der Waals surface area contributed by atoms with Gasteiger partial charge in [-0.3, -0.25) is 14.6 Å². The standard InChI is InChI=1S/C33H34ClN7O3/c1-6-14-35-17-21-18-36-26(16-29(21)44-5)32(42)38-24-11-7-9-22(20(24)2)23-10-8-12-25(30(23)34)39-33(43)31-37-27-19-40(3)15-13-28(27)41(31)4/h1,7-12,16,18,35H,13-15,17,19H2,2-5H3,(H,38,42)(H,39,43). The number of methoxy groups -OCH3 is 1. The molecule has 44 heavy (non-hydrogen) atoms. The largest absolute Gasteiger partial charge is 0.496 e. The van der Waals surface area contributed by atoms with E-state index in [0.29, 0.717) is 53.2 Å². The molecule has 0 fully saturated rings. The Morgan fingerprint density at radius 3 is 2.57 bits per heavy atom. The quantitative estimate of drug-likeness (QED) is 0.186. The van der Waals surface area contributed by atoms with Crippen LogP contribution in [0.1, 0.15) is 43.6 Å². The Bertz CT molecular complexity index is 1780. The maximum atomic E-state index is 13.3. The number of rotatable bonds is 9. The van der Waals surface area contributed by atoms with Gasteiger partial charge in [-0.05, 0) is 37.2 Å². The van der Waals surface area contributed by atoms with Crippen molar-refractivity contribution >= 4 is 34.8 Å². The van der Waals surface area contributed by atoms with Crippen LogP contribution in [0.4, 0.5) is 11.4 Å². The van der Waals surface area contributed by atoms with E-state index in [2.05, 4.69) is 36.7 Å². The number of pyridine rings is 1. The molecule has 3 heterocycles. The van der Waals surface area contributed by atoms with Gasteiger partial charge < -0.3 is 30.2 Å². The molecule has 0 radical (unpaired) electrons. The number of terminal acetylenes is 1. The molecule has 0 saturated heterocycles. The lowest BCUT2D eigenvalue weighted by Gasteiger charge is -2.21. The highest BCUT2D eigenvalue weighted by atomic mass is 35.5. The van der Waals surface area contributed by atoms with Crippen LogP contribution in [0.15, 0.2) is 48.7 Å². The van der Waals surface area contributed by atoms with Gasteiger partial charge in [-0.15, -0.1) is 6.42 Å². The van der Waals surface area contributed by atoms with Crippen LogP contribution < -0.4 is 20.7 Å². The van der Waals surface area contributed by atoms with Gasteiger partial charge in [0.05, 0.1) is 30.1 Å². The minimum Gasteiger partial charge on any atom is -0.496 e. The molecule has 0 atom stereocenters. The van der Waals surface area contributed by atoms with E-state index in [1.165, 1.54) is 7.11 Å². The molecule has 3 N–H and O–H groups in total. The Balaban J connectivity index is 1.36. The van der Waals surface area contributed by atoms with Crippen molar-refractivity contribution in [1.82, 2.24) is 24.8 Å². The number of nitrogens with one attached hydrogen (secondary N) is 3. The van der Waals surface area contributed by atoms with Crippen LogP contribution >= 0.6 is 11.6 Å². The van der Waals surface area contributed by atoms with Crippen molar-refractivity contribution < 1.29 is 14.3 Å². The van der Waals surface area contributed by atoms with Gasteiger partial charge in [-0.1, -0.05) is 41.8 Å². The number of anilines is 2. The summed E-state index contributed by atoms with van der Waals surface area (Å²) in [7, 11) is 5.45. The molecule has 10 nitrogen and oxygen atoms in total. The number of carbonyl (C=O) groups is 2. The SMILES string of the molecule is C#CCNCc1cnc(C(=O)Nc2cccc(-c3cccc(NC(=O)c4nc5c(n4C)CCN(C)C5)c3Cl)c2C)cc1OC. The normalized spacial score (nSPS) is 12.7. The lowest BCUT2D eigenvalue weighted by molar-refractivity contribution is 0.100. The molecule has 2 aromatic carbocycles. The van der Waals surface area contributed by atoms with Crippen LogP contribution in [0, 0.1) is 19.3 Å². The van der Waals surface area contributed by atoms with Gasteiger partial charge in [-0.25, -0.2) is 4.98 Å². The van der Waals surface area contributed by atoms with Crippen molar-refractivity contribution in [2.75, 3.05) is 37.9 Å². The number of imidazole rings is 1. The highest BCUT2D eigenvalue weighted by Gasteiger charge is 2.25. The highest BCUT2D eigenvalue weighted by molar-refractivity contribution is 6.36. The van der Waals surface area contributed by atoms with Crippen LogP contribution in [0.3, 0.4) is 0 Å². The van der Waals surface area contributed by atoms with Gasteiger partial charge in [0.15, 0.2) is 5.82 Å². The zero-order valence-electron chi connectivity index (χ0n) is 25.1. The van der Waals surface area contributed by atoms with Crippen LogP contribution in [0.5, 0.6) is 5.75 Å². The number of likely N-dealkylation sites (N-methyl/N-ethyl adjacent to an activating group) is 1. The Morgan fingerprint density at radius 1 is 1.09 bits per heavy atom. The fourth-order valence-electron chi connectivity index (χ4n) is 5.31. The summed E-state index contributed by atoms with van der Waals surface area (Å²) in [5.74, 6) is 2.68. The van der Waals surface area contributed by atoms with Crippen LogP contribution in [0.2, 0.25) is 5.02 Å². The number of aromatic nitrogens is 3. The predicted octanol–water partition coefficient (Wildman–Crippen LogP) is 4.67. The maximum Gasteiger partial charge on any atom is 0.291 e. The van der Waals surface area contributed by atoms with E-state index in [1.807, 2.05) is 55.9 Å². The van der Waals surface area contributed by atoms with E-state index in [4.69, 9.17) is 22.8 Å².